The number of rotatable bonds is 6. The van der Waals surface area contributed by atoms with Crippen molar-refractivity contribution in [3.63, 3.8) is 0 Å². The minimum atomic E-state index is 0.0592. The molecule has 17 heavy (non-hydrogen) atoms. The van der Waals surface area contributed by atoms with E-state index in [2.05, 4.69) is 24.1 Å². The van der Waals surface area contributed by atoms with Gasteiger partial charge in [0.05, 0.1) is 5.60 Å². The van der Waals surface area contributed by atoms with Gasteiger partial charge in [-0.2, -0.15) is 0 Å². The van der Waals surface area contributed by atoms with Crippen molar-refractivity contribution in [1.82, 2.24) is 5.32 Å². The lowest BCUT2D eigenvalue weighted by molar-refractivity contribution is -0.0686. The summed E-state index contributed by atoms with van der Waals surface area (Å²) in [6.45, 7) is 5.09. The van der Waals surface area contributed by atoms with Crippen LogP contribution in [0.4, 0.5) is 0 Å². The van der Waals surface area contributed by atoms with E-state index in [4.69, 9.17) is 4.74 Å². The van der Waals surface area contributed by atoms with Crippen molar-refractivity contribution in [2.45, 2.75) is 70.4 Å². The zero-order chi connectivity index (χ0) is 12.6. The Morgan fingerprint density at radius 1 is 1.29 bits per heavy atom. The summed E-state index contributed by atoms with van der Waals surface area (Å²) in [4.78, 5) is 0. The van der Waals surface area contributed by atoms with Crippen LogP contribution in [0.5, 0.6) is 0 Å². The molecule has 0 aliphatic heterocycles. The van der Waals surface area contributed by atoms with Gasteiger partial charge in [-0.3, -0.25) is 0 Å². The van der Waals surface area contributed by atoms with Gasteiger partial charge in [0.15, 0.2) is 0 Å². The molecule has 1 atom stereocenters. The van der Waals surface area contributed by atoms with Gasteiger partial charge in [0.25, 0.3) is 0 Å². The first kappa shape index (κ1) is 14.5. The minimum Gasteiger partial charge on any atom is -0.377 e. The van der Waals surface area contributed by atoms with Crippen molar-refractivity contribution in [2.24, 2.45) is 0 Å². The van der Waals surface area contributed by atoms with E-state index in [0.717, 1.165) is 19.4 Å². The fourth-order valence-corrected chi connectivity index (χ4v) is 2.98. The van der Waals surface area contributed by atoms with E-state index in [9.17, 15) is 0 Å². The smallest absolute Gasteiger partial charge is 0.0831 e. The molecule has 0 aromatic heterocycles. The Morgan fingerprint density at radius 2 is 2.00 bits per heavy atom. The average Bonchev–Trinajstić information content (AvgIpc) is 2.39. The van der Waals surface area contributed by atoms with Crippen molar-refractivity contribution in [3.05, 3.63) is 0 Å². The van der Waals surface area contributed by atoms with Crippen LogP contribution in [0, 0.1) is 11.8 Å². The summed E-state index contributed by atoms with van der Waals surface area (Å²) in [6, 6.07) is 0.457. The number of hydrogen-bond acceptors (Lipinski definition) is 2. The molecule has 1 unspecified atom stereocenters. The summed E-state index contributed by atoms with van der Waals surface area (Å²) >= 11 is 0. The third-order valence-electron chi connectivity index (χ3n) is 3.93. The Morgan fingerprint density at radius 3 is 2.53 bits per heavy atom. The molecule has 1 rings (SSSR count). The van der Waals surface area contributed by atoms with Crippen LogP contribution in [-0.4, -0.2) is 25.3 Å². The number of hydrogen-bond donors (Lipinski definition) is 1. The quantitative estimate of drug-likeness (QED) is 0.717. The van der Waals surface area contributed by atoms with Gasteiger partial charge >= 0.3 is 0 Å². The molecule has 1 saturated carbocycles. The standard InChI is InChI=1S/C15H27NO/c1-4-6-8-11-14(16-5-2)15(17-3)12-9-7-10-13-15/h14,16H,5,7-13H2,1-3H3. The SMILES string of the molecule is CC#CCCC(NCC)C1(OC)CCCCC1. The van der Waals surface area contributed by atoms with Crippen LogP contribution in [0.15, 0.2) is 0 Å². The molecule has 0 heterocycles. The summed E-state index contributed by atoms with van der Waals surface area (Å²) in [6.07, 6.45) is 8.42. The van der Waals surface area contributed by atoms with Crippen molar-refractivity contribution in [3.8, 4) is 11.8 Å². The first-order chi connectivity index (χ1) is 8.29. The monoisotopic (exact) mass is 237 g/mol. The largest absolute Gasteiger partial charge is 0.377 e. The van der Waals surface area contributed by atoms with Crippen LogP contribution in [0.3, 0.4) is 0 Å². The highest BCUT2D eigenvalue weighted by Crippen LogP contribution is 2.35. The normalized spacial score (nSPS) is 20.4. The number of nitrogens with one attached hydrogen (secondary N) is 1. The van der Waals surface area contributed by atoms with Gasteiger partial charge in [0, 0.05) is 19.6 Å². The Balaban J connectivity index is 2.65. The molecule has 2 heteroatoms. The van der Waals surface area contributed by atoms with Crippen molar-refractivity contribution in [2.75, 3.05) is 13.7 Å². The van der Waals surface area contributed by atoms with Crippen LogP contribution in [-0.2, 0) is 4.74 Å². The highest BCUT2D eigenvalue weighted by atomic mass is 16.5. The molecule has 0 aromatic rings. The summed E-state index contributed by atoms with van der Waals surface area (Å²) in [7, 11) is 1.88. The Labute approximate surface area is 107 Å². The summed E-state index contributed by atoms with van der Waals surface area (Å²) in [5.41, 5.74) is 0.0592. The van der Waals surface area contributed by atoms with Gasteiger partial charge in [0.1, 0.15) is 0 Å². The molecule has 1 fully saturated rings. The summed E-state index contributed by atoms with van der Waals surface area (Å²) < 4.78 is 5.91. The van der Waals surface area contributed by atoms with Gasteiger partial charge in [-0.1, -0.05) is 26.2 Å². The second-order valence-electron chi connectivity index (χ2n) is 4.91. The first-order valence-electron chi connectivity index (χ1n) is 6.97. The lowest BCUT2D eigenvalue weighted by Gasteiger charge is -2.43. The van der Waals surface area contributed by atoms with Crippen molar-refractivity contribution >= 4 is 0 Å². The van der Waals surface area contributed by atoms with E-state index in [1.165, 1.54) is 32.1 Å². The Kier molecular flexibility index (Phi) is 6.62. The maximum absolute atomic E-state index is 5.91. The second-order valence-corrected chi connectivity index (χ2v) is 4.91. The predicted octanol–water partition coefficient (Wildman–Crippen LogP) is 3.12. The molecule has 0 amide bonds. The van der Waals surface area contributed by atoms with Gasteiger partial charge in [-0.15, -0.1) is 11.8 Å². The molecule has 2 nitrogen and oxygen atoms in total. The topological polar surface area (TPSA) is 21.3 Å². The van der Waals surface area contributed by atoms with Gasteiger partial charge in [0.2, 0.25) is 0 Å². The van der Waals surface area contributed by atoms with Crippen LogP contribution in [0.1, 0.15) is 58.8 Å². The molecular formula is C15H27NO. The number of likely N-dealkylation sites (N-methyl/N-ethyl adjacent to an activating group) is 1. The van der Waals surface area contributed by atoms with E-state index in [1.54, 1.807) is 0 Å². The summed E-state index contributed by atoms with van der Waals surface area (Å²) in [5, 5.41) is 3.61. The Hall–Kier alpha value is -0.520. The van der Waals surface area contributed by atoms with E-state index < -0.39 is 0 Å². The molecule has 0 radical (unpaired) electrons. The lowest BCUT2D eigenvalue weighted by atomic mass is 9.77. The molecule has 1 N–H and O–H groups in total. The van der Waals surface area contributed by atoms with Crippen LogP contribution in [0.25, 0.3) is 0 Å². The number of methoxy groups -OCH3 is 1. The summed E-state index contributed by atoms with van der Waals surface area (Å²) in [5.74, 6) is 6.15. The van der Waals surface area contributed by atoms with E-state index in [-0.39, 0.29) is 5.60 Å². The fraction of sp³-hybridized carbons (Fsp3) is 0.867. The molecule has 98 valence electrons. The second kappa shape index (κ2) is 7.74. The van der Waals surface area contributed by atoms with E-state index in [1.807, 2.05) is 14.0 Å². The van der Waals surface area contributed by atoms with E-state index in [0.29, 0.717) is 6.04 Å². The zero-order valence-corrected chi connectivity index (χ0v) is 11.6. The third kappa shape index (κ3) is 4.01. The molecule has 0 bridgehead atoms. The molecular weight excluding hydrogens is 210 g/mol. The zero-order valence-electron chi connectivity index (χ0n) is 11.6. The highest BCUT2D eigenvalue weighted by molar-refractivity contribution is 5.00. The highest BCUT2D eigenvalue weighted by Gasteiger charge is 2.39. The van der Waals surface area contributed by atoms with Gasteiger partial charge in [-0.25, -0.2) is 0 Å². The molecule has 1 aliphatic carbocycles. The first-order valence-corrected chi connectivity index (χ1v) is 6.97. The van der Waals surface area contributed by atoms with E-state index >= 15 is 0 Å². The average molecular weight is 237 g/mol. The fourth-order valence-electron chi connectivity index (χ4n) is 2.98. The predicted molar refractivity (Wildman–Crippen MR) is 73.0 cm³/mol. The maximum Gasteiger partial charge on any atom is 0.0831 e. The lowest BCUT2D eigenvalue weighted by Crippen LogP contribution is -2.53. The van der Waals surface area contributed by atoms with Crippen LogP contribution in [0.2, 0.25) is 0 Å². The van der Waals surface area contributed by atoms with Gasteiger partial charge < -0.3 is 10.1 Å². The minimum absolute atomic E-state index is 0.0592. The van der Waals surface area contributed by atoms with Crippen molar-refractivity contribution in [1.29, 1.82) is 0 Å². The van der Waals surface area contributed by atoms with Crippen LogP contribution >= 0.6 is 0 Å². The Bertz CT molecular complexity index is 258. The third-order valence-corrected chi connectivity index (χ3v) is 3.93. The molecule has 0 saturated heterocycles. The van der Waals surface area contributed by atoms with Crippen LogP contribution < -0.4 is 5.32 Å². The van der Waals surface area contributed by atoms with Gasteiger partial charge in [-0.05, 0) is 32.7 Å². The molecule has 0 spiro atoms. The number of ether oxygens (including phenoxy) is 1. The van der Waals surface area contributed by atoms with Crippen molar-refractivity contribution < 1.29 is 4.74 Å². The maximum atomic E-state index is 5.91. The molecule has 0 aromatic carbocycles. The molecule has 1 aliphatic rings.